The maximum atomic E-state index is 8.83. The molecular formula is C7H10O4P+. The molecule has 0 amide bonds. The largest absolute Gasteiger partial charge is 0.497 e. The van der Waals surface area contributed by atoms with E-state index in [1.165, 1.54) is 19.2 Å². The molecule has 66 valence electrons. The Labute approximate surface area is 70.6 Å². The molecule has 12 heavy (non-hydrogen) atoms. The lowest BCUT2D eigenvalue weighted by Crippen LogP contribution is -2.08. The first-order chi connectivity index (χ1) is 5.54. The van der Waals surface area contributed by atoms with Crippen LogP contribution in [-0.4, -0.2) is 21.8 Å². The van der Waals surface area contributed by atoms with Gasteiger partial charge in [-0.2, -0.15) is 14.7 Å². The van der Waals surface area contributed by atoms with Crippen molar-refractivity contribution in [2.45, 2.75) is 0 Å². The van der Waals surface area contributed by atoms with E-state index in [9.17, 15) is 0 Å². The van der Waals surface area contributed by atoms with Crippen LogP contribution >= 0.6 is 7.94 Å². The van der Waals surface area contributed by atoms with Crippen LogP contribution in [-0.2, 0) is 0 Å². The predicted octanol–water partition coefficient (Wildman–Crippen LogP) is 0.0600. The quantitative estimate of drug-likeness (QED) is 0.575. The van der Waals surface area contributed by atoms with E-state index in [4.69, 9.17) is 19.4 Å². The fraction of sp³-hybridized carbons (Fsp3) is 0.143. The van der Waals surface area contributed by atoms with Crippen LogP contribution in [0.5, 0.6) is 5.75 Å². The molecule has 0 aliphatic rings. The van der Waals surface area contributed by atoms with Gasteiger partial charge >= 0.3 is 7.94 Å². The Kier molecular flexibility index (Phi) is 2.65. The number of hydrogen-bond acceptors (Lipinski definition) is 4. The van der Waals surface area contributed by atoms with Crippen molar-refractivity contribution < 1.29 is 19.4 Å². The Bertz CT molecular complexity index is 251. The zero-order chi connectivity index (χ0) is 9.19. The standard InChI is InChI=1S/C7H10O4P/c1-11-6-2-4-7(5-3-6)12(8,9)10/h2-5,8-10H,1H3/q+1. The molecule has 0 unspecified atom stereocenters. The molecule has 0 radical (unpaired) electrons. The van der Waals surface area contributed by atoms with Gasteiger partial charge in [-0.15, -0.1) is 0 Å². The fourth-order valence-corrected chi connectivity index (χ4v) is 1.33. The number of hydrogen-bond donors (Lipinski definition) is 3. The fourth-order valence-electron chi connectivity index (χ4n) is 0.782. The average Bonchev–Trinajstić information content (AvgIpc) is 2.03. The van der Waals surface area contributed by atoms with E-state index < -0.39 is 7.94 Å². The smallest absolute Gasteiger partial charge is 0.440 e. The Morgan fingerprint density at radius 3 is 1.92 bits per heavy atom. The van der Waals surface area contributed by atoms with Crippen molar-refractivity contribution in [1.29, 1.82) is 0 Å². The van der Waals surface area contributed by atoms with Crippen LogP contribution in [0.15, 0.2) is 24.3 Å². The average molecular weight is 189 g/mol. The maximum absolute atomic E-state index is 8.83. The molecule has 3 N–H and O–H groups in total. The summed E-state index contributed by atoms with van der Waals surface area (Å²) < 4.78 is 4.85. The molecule has 0 aromatic heterocycles. The molecule has 0 saturated carbocycles. The van der Waals surface area contributed by atoms with Crippen molar-refractivity contribution in [2.24, 2.45) is 0 Å². The van der Waals surface area contributed by atoms with Crippen molar-refractivity contribution in [2.75, 3.05) is 7.11 Å². The van der Waals surface area contributed by atoms with Gasteiger partial charge in [0.15, 0.2) is 5.30 Å². The third-order valence-electron chi connectivity index (χ3n) is 1.42. The number of methoxy groups -OCH3 is 1. The SMILES string of the molecule is COc1ccc([P+](O)(O)O)cc1. The molecule has 0 fully saturated rings. The van der Waals surface area contributed by atoms with Crippen molar-refractivity contribution in [3.05, 3.63) is 24.3 Å². The molecule has 0 heterocycles. The van der Waals surface area contributed by atoms with E-state index in [0.29, 0.717) is 5.75 Å². The second-order valence-electron chi connectivity index (χ2n) is 2.27. The van der Waals surface area contributed by atoms with Crippen LogP contribution < -0.4 is 10.0 Å². The molecule has 0 aliphatic heterocycles. The summed E-state index contributed by atoms with van der Waals surface area (Å²) >= 11 is 0. The maximum Gasteiger partial charge on any atom is 0.440 e. The zero-order valence-electron chi connectivity index (χ0n) is 6.51. The summed E-state index contributed by atoms with van der Waals surface area (Å²) in [5.74, 6) is 0.604. The summed E-state index contributed by atoms with van der Waals surface area (Å²) in [5.41, 5.74) is 0. The summed E-state index contributed by atoms with van der Waals surface area (Å²) in [5, 5.41) is 0.114. The van der Waals surface area contributed by atoms with Crippen LogP contribution in [0.25, 0.3) is 0 Å². The second-order valence-corrected chi connectivity index (χ2v) is 3.92. The van der Waals surface area contributed by atoms with Crippen LogP contribution in [0, 0.1) is 0 Å². The molecule has 1 aromatic rings. The lowest BCUT2D eigenvalue weighted by Gasteiger charge is -2.03. The molecule has 0 bridgehead atoms. The van der Waals surface area contributed by atoms with Gasteiger partial charge in [-0.3, -0.25) is 0 Å². The monoisotopic (exact) mass is 189 g/mol. The van der Waals surface area contributed by atoms with Gasteiger partial charge in [0.2, 0.25) is 0 Å². The van der Waals surface area contributed by atoms with Gasteiger partial charge in [0.1, 0.15) is 5.75 Å². The molecule has 0 aliphatic carbocycles. The van der Waals surface area contributed by atoms with Crippen LogP contribution in [0.2, 0.25) is 0 Å². The van der Waals surface area contributed by atoms with E-state index in [2.05, 4.69) is 0 Å². The first-order valence-electron chi connectivity index (χ1n) is 3.26. The summed E-state index contributed by atoms with van der Waals surface area (Å²) in [6.45, 7) is 0. The Morgan fingerprint density at radius 1 is 1.08 bits per heavy atom. The lowest BCUT2D eigenvalue weighted by atomic mass is 10.3. The van der Waals surface area contributed by atoms with Gasteiger partial charge in [-0.25, -0.2) is 0 Å². The summed E-state index contributed by atoms with van der Waals surface area (Å²) in [6.07, 6.45) is 0. The van der Waals surface area contributed by atoms with Crippen molar-refractivity contribution in [3.8, 4) is 5.75 Å². The van der Waals surface area contributed by atoms with Gasteiger partial charge < -0.3 is 4.74 Å². The summed E-state index contributed by atoms with van der Waals surface area (Å²) in [7, 11) is -2.35. The normalized spacial score (nSPS) is 11.3. The third kappa shape index (κ3) is 2.16. The van der Waals surface area contributed by atoms with E-state index in [1.807, 2.05) is 0 Å². The Morgan fingerprint density at radius 2 is 1.58 bits per heavy atom. The zero-order valence-corrected chi connectivity index (χ0v) is 7.40. The third-order valence-corrected chi connectivity index (χ3v) is 2.41. The van der Waals surface area contributed by atoms with E-state index in [-0.39, 0.29) is 5.30 Å². The van der Waals surface area contributed by atoms with Crippen molar-refractivity contribution in [1.82, 2.24) is 0 Å². The van der Waals surface area contributed by atoms with E-state index >= 15 is 0 Å². The minimum Gasteiger partial charge on any atom is -0.497 e. The van der Waals surface area contributed by atoms with Crippen LogP contribution in [0.3, 0.4) is 0 Å². The summed E-state index contributed by atoms with van der Waals surface area (Å²) in [4.78, 5) is 26.5. The van der Waals surface area contributed by atoms with Crippen LogP contribution in [0.1, 0.15) is 0 Å². The Balaban J connectivity index is 2.93. The van der Waals surface area contributed by atoms with E-state index in [1.54, 1.807) is 12.1 Å². The minimum atomic E-state index is -3.85. The highest BCUT2D eigenvalue weighted by Crippen LogP contribution is 2.42. The topological polar surface area (TPSA) is 69.9 Å². The van der Waals surface area contributed by atoms with Crippen molar-refractivity contribution in [3.63, 3.8) is 0 Å². The molecular weight excluding hydrogens is 179 g/mol. The number of ether oxygens (including phenoxy) is 1. The van der Waals surface area contributed by atoms with Gasteiger partial charge in [0.25, 0.3) is 0 Å². The summed E-state index contributed by atoms with van der Waals surface area (Å²) in [6, 6.07) is 5.92. The van der Waals surface area contributed by atoms with Gasteiger partial charge in [0, 0.05) is 0 Å². The molecule has 4 nitrogen and oxygen atoms in total. The molecule has 1 aromatic carbocycles. The second kappa shape index (κ2) is 3.37. The first kappa shape index (κ1) is 9.42. The van der Waals surface area contributed by atoms with Crippen LogP contribution in [0.4, 0.5) is 0 Å². The molecule has 5 heteroatoms. The number of rotatable bonds is 2. The highest BCUT2D eigenvalue weighted by molar-refractivity contribution is 7.66. The molecule has 0 spiro atoms. The van der Waals surface area contributed by atoms with Gasteiger partial charge in [0.05, 0.1) is 7.11 Å². The highest BCUT2D eigenvalue weighted by Gasteiger charge is 2.33. The predicted molar refractivity (Wildman–Crippen MR) is 46.2 cm³/mol. The van der Waals surface area contributed by atoms with E-state index in [0.717, 1.165) is 0 Å². The van der Waals surface area contributed by atoms with Gasteiger partial charge in [-0.1, -0.05) is 0 Å². The van der Waals surface area contributed by atoms with Gasteiger partial charge in [-0.05, 0) is 24.3 Å². The van der Waals surface area contributed by atoms with Crippen molar-refractivity contribution >= 4 is 13.2 Å². The first-order valence-corrected chi connectivity index (χ1v) is 4.90. The molecule has 0 saturated heterocycles. The molecule has 0 atom stereocenters. The minimum absolute atomic E-state index is 0.114. The number of benzene rings is 1. The Hall–Kier alpha value is -0.670. The molecule has 1 rings (SSSR count). The lowest BCUT2D eigenvalue weighted by molar-refractivity contribution is 0.347. The highest BCUT2D eigenvalue weighted by atomic mass is 31.2.